The summed E-state index contributed by atoms with van der Waals surface area (Å²) in [5, 5.41) is 9.58. The average Bonchev–Trinajstić information content (AvgIpc) is 2.63. The van der Waals surface area contributed by atoms with Crippen LogP contribution in [-0.2, 0) is 23.2 Å². The normalized spacial score (nSPS) is 20.9. The SMILES string of the molecule is Cn1ccc(CNC2CCC(=O)NC2=O)n1. The van der Waals surface area contributed by atoms with E-state index >= 15 is 0 Å². The summed E-state index contributed by atoms with van der Waals surface area (Å²) in [7, 11) is 1.84. The number of carbonyl (C=O) groups excluding carboxylic acids is 2. The average molecular weight is 222 g/mol. The first kappa shape index (κ1) is 10.8. The highest BCUT2D eigenvalue weighted by Gasteiger charge is 2.25. The number of hydrogen-bond acceptors (Lipinski definition) is 4. The fraction of sp³-hybridized carbons (Fsp3) is 0.500. The molecule has 1 atom stereocenters. The Morgan fingerprint density at radius 3 is 3.06 bits per heavy atom. The summed E-state index contributed by atoms with van der Waals surface area (Å²) in [6.45, 7) is 0.535. The molecule has 6 heteroatoms. The summed E-state index contributed by atoms with van der Waals surface area (Å²) < 4.78 is 1.71. The van der Waals surface area contributed by atoms with E-state index in [0.29, 0.717) is 19.4 Å². The molecule has 0 saturated carbocycles. The minimum absolute atomic E-state index is 0.194. The standard InChI is InChI=1S/C10H14N4O2/c1-14-5-4-7(13-14)6-11-8-2-3-9(15)12-10(8)16/h4-5,8,11H,2-3,6H2,1H3,(H,12,15,16). The van der Waals surface area contributed by atoms with Gasteiger partial charge in [-0.25, -0.2) is 0 Å². The summed E-state index contributed by atoms with van der Waals surface area (Å²) in [6, 6.07) is 1.60. The molecule has 0 bridgehead atoms. The Morgan fingerprint density at radius 1 is 1.62 bits per heavy atom. The fourth-order valence-electron chi connectivity index (χ4n) is 1.67. The quantitative estimate of drug-likeness (QED) is 0.664. The number of rotatable bonds is 3. The Hall–Kier alpha value is -1.69. The number of imide groups is 1. The molecule has 0 spiro atoms. The molecule has 1 aliphatic heterocycles. The van der Waals surface area contributed by atoms with Gasteiger partial charge in [0.2, 0.25) is 11.8 Å². The fourth-order valence-corrected chi connectivity index (χ4v) is 1.67. The van der Waals surface area contributed by atoms with Gasteiger partial charge in [0.1, 0.15) is 0 Å². The van der Waals surface area contributed by atoms with Gasteiger partial charge in [-0.05, 0) is 12.5 Å². The van der Waals surface area contributed by atoms with Crippen molar-refractivity contribution in [3.63, 3.8) is 0 Å². The summed E-state index contributed by atoms with van der Waals surface area (Å²) in [4.78, 5) is 22.3. The van der Waals surface area contributed by atoms with Crippen LogP contribution in [0.15, 0.2) is 12.3 Å². The van der Waals surface area contributed by atoms with Crippen LogP contribution in [0.3, 0.4) is 0 Å². The van der Waals surface area contributed by atoms with Crippen LogP contribution in [0.4, 0.5) is 0 Å². The Kier molecular flexibility index (Phi) is 3.00. The monoisotopic (exact) mass is 222 g/mol. The van der Waals surface area contributed by atoms with Crippen LogP contribution in [0.2, 0.25) is 0 Å². The van der Waals surface area contributed by atoms with E-state index < -0.39 is 0 Å². The largest absolute Gasteiger partial charge is 0.300 e. The molecule has 6 nitrogen and oxygen atoms in total. The van der Waals surface area contributed by atoms with Gasteiger partial charge in [-0.2, -0.15) is 5.10 Å². The van der Waals surface area contributed by atoms with E-state index in [9.17, 15) is 9.59 Å². The lowest BCUT2D eigenvalue weighted by atomic mass is 10.1. The number of nitrogens with one attached hydrogen (secondary N) is 2. The Balaban J connectivity index is 1.86. The van der Waals surface area contributed by atoms with Gasteiger partial charge in [-0.15, -0.1) is 0 Å². The molecule has 16 heavy (non-hydrogen) atoms. The van der Waals surface area contributed by atoms with Crippen molar-refractivity contribution in [1.82, 2.24) is 20.4 Å². The van der Waals surface area contributed by atoms with Gasteiger partial charge in [0, 0.05) is 26.2 Å². The van der Waals surface area contributed by atoms with Crippen LogP contribution in [0.5, 0.6) is 0 Å². The molecule has 0 aromatic carbocycles. The van der Waals surface area contributed by atoms with E-state index in [2.05, 4.69) is 15.7 Å². The lowest BCUT2D eigenvalue weighted by molar-refractivity contribution is -0.134. The molecule has 0 aliphatic carbocycles. The zero-order valence-corrected chi connectivity index (χ0v) is 9.06. The molecular weight excluding hydrogens is 208 g/mol. The van der Waals surface area contributed by atoms with E-state index in [1.54, 1.807) is 4.68 Å². The molecule has 1 fully saturated rings. The molecule has 2 amide bonds. The molecule has 2 heterocycles. The van der Waals surface area contributed by atoms with Crippen molar-refractivity contribution < 1.29 is 9.59 Å². The molecule has 86 valence electrons. The topological polar surface area (TPSA) is 76.0 Å². The lowest BCUT2D eigenvalue weighted by Crippen LogP contribution is -2.50. The highest BCUT2D eigenvalue weighted by molar-refractivity contribution is 6.00. The van der Waals surface area contributed by atoms with Crippen LogP contribution in [0.25, 0.3) is 0 Å². The first-order chi connectivity index (χ1) is 7.65. The molecule has 1 unspecified atom stereocenters. The summed E-state index contributed by atoms with van der Waals surface area (Å²) >= 11 is 0. The lowest BCUT2D eigenvalue weighted by Gasteiger charge is -2.21. The maximum atomic E-state index is 11.4. The van der Waals surface area contributed by atoms with Crippen molar-refractivity contribution in [3.05, 3.63) is 18.0 Å². The number of aromatic nitrogens is 2. The predicted octanol–water partition coefficient (Wildman–Crippen LogP) is -0.685. The maximum Gasteiger partial charge on any atom is 0.243 e. The third-order valence-corrected chi connectivity index (χ3v) is 2.54. The van der Waals surface area contributed by atoms with Crippen LogP contribution >= 0.6 is 0 Å². The minimum Gasteiger partial charge on any atom is -0.300 e. The van der Waals surface area contributed by atoms with Gasteiger partial charge in [0.05, 0.1) is 11.7 Å². The van der Waals surface area contributed by atoms with Gasteiger partial charge in [0.15, 0.2) is 0 Å². The smallest absolute Gasteiger partial charge is 0.243 e. The van der Waals surface area contributed by atoms with Gasteiger partial charge in [-0.3, -0.25) is 19.6 Å². The van der Waals surface area contributed by atoms with Crippen molar-refractivity contribution in [3.8, 4) is 0 Å². The van der Waals surface area contributed by atoms with E-state index in [4.69, 9.17) is 0 Å². The predicted molar refractivity (Wildman–Crippen MR) is 56.2 cm³/mol. The van der Waals surface area contributed by atoms with Crippen LogP contribution in [0, 0.1) is 0 Å². The number of aryl methyl sites for hydroxylation is 1. The Labute approximate surface area is 93.0 Å². The maximum absolute atomic E-state index is 11.4. The van der Waals surface area contributed by atoms with Gasteiger partial charge < -0.3 is 5.32 Å². The molecule has 0 radical (unpaired) electrons. The number of amides is 2. The van der Waals surface area contributed by atoms with Crippen molar-refractivity contribution in [2.45, 2.75) is 25.4 Å². The minimum atomic E-state index is -0.292. The summed E-state index contributed by atoms with van der Waals surface area (Å²) in [6.07, 6.45) is 2.80. The second-order valence-corrected chi connectivity index (χ2v) is 3.87. The summed E-state index contributed by atoms with van der Waals surface area (Å²) in [5.41, 5.74) is 0.882. The zero-order valence-electron chi connectivity index (χ0n) is 9.06. The first-order valence-corrected chi connectivity index (χ1v) is 5.21. The van der Waals surface area contributed by atoms with Gasteiger partial charge in [0.25, 0.3) is 0 Å². The third-order valence-electron chi connectivity index (χ3n) is 2.54. The second kappa shape index (κ2) is 4.44. The van der Waals surface area contributed by atoms with E-state index in [-0.39, 0.29) is 17.9 Å². The molecule has 1 saturated heterocycles. The molecule has 1 aliphatic rings. The molecule has 2 rings (SSSR count). The summed E-state index contributed by atoms with van der Waals surface area (Å²) in [5.74, 6) is -0.437. The molecular formula is C10H14N4O2. The Bertz CT molecular complexity index is 413. The molecule has 1 aromatic heterocycles. The van der Waals surface area contributed by atoms with Gasteiger partial charge >= 0.3 is 0 Å². The van der Waals surface area contributed by atoms with E-state index in [1.165, 1.54) is 0 Å². The highest BCUT2D eigenvalue weighted by atomic mass is 16.2. The first-order valence-electron chi connectivity index (χ1n) is 5.21. The van der Waals surface area contributed by atoms with Crippen molar-refractivity contribution in [1.29, 1.82) is 0 Å². The second-order valence-electron chi connectivity index (χ2n) is 3.87. The van der Waals surface area contributed by atoms with Crippen LogP contribution in [0.1, 0.15) is 18.5 Å². The van der Waals surface area contributed by atoms with Crippen LogP contribution < -0.4 is 10.6 Å². The Morgan fingerprint density at radius 2 is 2.44 bits per heavy atom. The molecule has 2 N–H and O–H groups in total. The number of carbonyl (C=O) groups is 2. The highest BCUT2D eigenvalue weighted by Crippen LogP contribution is 2.05. The number of nitrogens with zero attached hydrogens (tertiary/aromatic N) is 2. The van der Waals surface area contributed by atoms with Gasteiger partial charge in [-0.1, -0.05) is 0 Å². The van der Waals surface area contributed by atoms with Crippen molar-refractivity contribution >= 4 is 11.8 Å². The van der Waals surface area contributed by atoms with Crippen molar-refractivity contribution in [2.75, 3.05) is 0 Å². The molecule has 1 aromatic rings. The van der Waals surface area contributed by atoms with E-state index in [0.717, 1.165) is 5.69 Å². The third kappa shape index (κ3) is 2.46. The number of piperidine rings is 1. The van der Waals surface area contributed by atoms with Crippen molar-refractivity contribution in [2.24, 2.45) is 7.05 Å². The van der Waals surface area contributed by atoms with E-state index in [1.807, 2.05) is 19.3 Å². The van der Waals surface area contributed by atoms with Crippen LogP contribution in [-0.4, -0.2) is 27.6 Å². The zero-order chi connectivity index (χ0) is 11.5. The number of hydrogen-bond donors (Lipinski definition) is 2.